The lowest BCUT2D eigenvalue weighted by Crippen LogP contribution is -2.74. The summed E-state index contributed by atoms with van der Waals surface area (Å²) in [5, 5.41) is 0. The van der Waals surface area contributed by atoms with E-state index in [9.17, 15) is 74.6 Å². The largest absolute Gasteiger partial charge is 0.460 e. The van der Waals surface area contributed by atoms with E-state index in [-0.39, 0.29) is 12.3 Å². The Morgan fingerprint density at radius 2 is 1.02 bits per heavy atom. The van der Waals surface area contributed by atoms with E-state index in [0.29, 0.717) is 19.6 Å². The van der Waals surface area contributed by atoms with Gasteiger partial charge in [-0.15, -0.1) is 0 Å². The molecule has 0 saturated heterocycles. The number of alkyl halides is 17. The van der Waals surface area contributed by atoms with Gasteiger partial charge < -0.3 is 4.74 Å². The van der Waals surface area contributed by atoms with Crippen molar-refractivity contribution < 1.29 is 79.4 Å². The van der Waals surface area contributed by atoms with Gasteiger partial charge in [0.2, 0.25) is 0 Å². The Labute approximate surface area is 215 Å². The summed E-state index contributed by atoms with van der Waals surface area (Å²) in [5.41, 5.74) is -2.86. The highest BCUT2D eigenvalue weighted by Gasteiger charge is 2.95. The molecule has 0 fully saturated rings. The first-order chi connectivity index (χ1) is 17.4. The van der Waals surface area contributed by atoms with Crippen molar-refractivity contribution in [3.05, 3.63) is 35.4 Å². The average Bonchev–Trinajstić information content (AvgIpc) is 2.76. The van der Waals surface area contributed by atoms with Crippen LogP contribution in [0.5, 0.6) is 0 Å². The Hall–Kier alpha value is -2.01. The van der Waals surface area contributed by atoms with Gasteiger partial charge in [-0.3, -0.25) is 0 Å². The molecule has 0 aliphatic heterocycles. The fourth-order valence-corrected chi connectivity index (χ4v) is 3.52. The monoisotopic (exact) mass is 624 g/mol. The Bertz CT molecular complexity index is 1030. The van der Waals surface area contributed by atoms with Gasteiger partial charge in [0.25, 0.3) is 0 Å². The van der Waals surface area contributed by atoms with Crippen LogP contribution in [0.4, 0.5) is 74.6 Å². The predicted molar refractivity (Wildman–Crippen MR) is 105 cm³/mol. The smallest absolute Gasteiger partial charge is 0.374 e. The minimum absolute atomic E-state index is 0.0692. The molecule has 0 amide bonds. The van der Waals surface area contributed by atoms with Crippen LogP contribution in [0.15, 0.2) is 24.3 Å². The van der Waals surface area contributed by atoms with Crippen LogP contribution >= 0.6 is 0 Å². The molecular weight excluding hydrogens is 603 g/mol. The summed E-state index contributed by atoms with van der Waals surface area (Å²) < 4.78 is 235. The molecule has 0 aliphatic carbocycles. The number of rotatable bonds is 12. The van der Waals surface area contributed by atoms with Gasteiger partial charge in [-0.1, -0.05) is 38.1 Å². The third kappa shape index (κ3) is 5.44. The summed E-state index contributed by atoms with van der Waals surface area (Å²) in [6.45, 7) is 3.96. The van der Waals surface area contributed by atoms with Crippen LogP contribution in [-0.4, -0.2) is 54.7 Å². The van der Waals surface area contributed by atoms with Crippen LogP contribution in [0.1, 0.15) is 38.3 Å². The highest BCUT2D eigenvalue weighted by Crippen LogP contribution is 2.64. The molecule has 40 heavy (non-hydrogen) atoms. The minimum atomic E-state index is -8.65. The topological polar surface area (TPSA) is 9.23 Å². The third-order valence-corrected chi connectivity index (χ3v) is 5.98. The molecule has 0 heterocycles. The van der Waals surface area contributed by atoms with Crippen LogP contribution in [0.25, 0.3) is 0 Å². The van der Waals surface area contributed by atoms with E-state index in [1.54, 1.807) is 13.8 Å². The van der Waals surface area contributed by atoms with Crippen LogP contribution in [-0.2, 0) is 16.8 Å². The van der Waals surface area contributed by atoms with E-state index in [2.05, 4.69) is 4.74 Å². The number of hydrogen-bond acceptors (Lipinski definition) is 1. The standard InChI is InChI=1S/C22H21F17O/c1-11(2)8-12-6-5-7-13(9-12)14(3,40-4)10-15(23,24)16(25,26)17(27,28)18(29,30)19(31,32)20(33,34)21(35,36)22(37,38)39/h5-7,9,11H,8,10H2,1-4H3. The molecule has 0 saturated carbocycles. The van der Waals surface area contributed by atoms with Crippen molar-refractivity contribution in [1.29, 1.82) is 0 Å². The van der Waals surface area contributed by atoms with Gasteiger partial charge in [0.15, 0.2) is 0 Å². The Morgan fingerprint density at radius 3 is 1.40 bits per heavy atom. The fraction of sp³-hybridized carbons (Fsp3) is 0.727. The van der Waals surface area contributed by atoms with Gasteiger partial charge >= 0.3 is 47.6 Å². The normalized spacial score (nSPS) is 16.9. The molecule has 0 aromatic heterocycles. The van der Waals surface area contributed by atoms with Crippen LogP contribution in [0.2, 0.25) is 0 Å². The van der Waals surface area contributed by atoms with E-state index in [1.165, 1.54) is 12.1 Å². The second kappa shape index (κ2) is 10.4. The zero-order valence-electron chi connectivity index (χ0n) is 20.6. The SMILES string of the molecule is COC(C)(CC(F)(F)C(F)(F)C(F)(F)C(F)(F)C(F)(F)C(F)(F)C(F)(F)C(F)(F)F)c1cccc(CC(C)C)c1. The van der Waals surface area contributed by atoms with Crippen molar-refractivity contribution in [2.45, 2.75) is 86.8 Å². The van der Waals surface area contributed by atoms with Gasteiger partial charge in [-0.2, -0.15) is 74.6 Å². The molecule has 0 radical (unpaired) electrons. The zero-order chi connectivity index (χ0) is 32.2. The lowest BCUT2D eigenvalue weighted by atomic mass is 9.82. The maximum Gasteiger partial charge on any atom is 0.460 e. The number of benzene rings is 1. The molecular formula is C22H21F17O. The van der Waals surface area contributed by atoms with Crippen LogP contribution in [0.3, 0.4) is 0 Å². The molecule has 1 nitrogen and oxygen atoms in total. The highest BCUT2D eigenvalue weighted by atomic mass is 19.4. The lowest BCUT2D eigenvalue weighted by molar-refractivity contribution is -0.462. The quantitative estimate of drug-likeness (QED) is 0.211. The molecule has 18 heteroatoms. The van der Waals surface area contributed by atoms with Gasteiger partial charge in [0.1, 0.15) is 0 Å². The first-order valence-corrected chi connectivity index (χ1v) is 10.8. The maximum atomic E-state index is 14.6. The second-order valence-electron chi connectivity index (χ2n) is 9.56. The molecule has 1 aromatic carbocycles. The molecule has 1 rings (SSSR count). The molecule has 1 unspecified atom stereocenters. The van der Waals surface area contributed by atoms with Crippen molar-refractivity contribution >= 4 is 0 Å². The minimum Gasteiger partial charge on any atom is -0.374 e. The van der Waals surface area contributed by atoms with Crippen molar-refractivity contribution in [2.24, 2.45) is 5.92 Å². The highest BCUT2D eigenvalue weighted by molar-refractivity contribution is 5.29. The van der Waals surface area contributed by atoms with Crippen LogP contribution in [0, 0.1) is 5.92 Å². The number of hydrogen-bond donors (Lipinski definition) is 0. The maximum absolute atomic E-state index is 14.6. The Morgan fingerprint density at radius 1 is 0.625 bits per heavy atom. The molecule has 0 aliphatic rings. The van der Waals surface area contributed by atoms with E-state index in [0.717, 1.165) is 12.1 Å². The molecule has 234 valence electrons. The molecule has 0 N–H and O–H groups in total. The summed E-state index contributed by atoms with van der Waals surface area (Å²) in [7, 11) is 0.573. The first kappa shape index (κ1) is 36.0. The van der Waals surface area contributed by atoms with Crippen molar-refractivity contribution in [2.75, 3.05) is 7.11 Å². The van der Waals surface area contributed by atoms with Gasteiger partial charge in [-0.25, -0.2) is 0 Å². The summed E-state index contributed by atoms with van der Waals surface area (Å²) in [6.07, 6.45) is -10.3. The van der Waals surface area contributed by atoms with Crippen molar-refractivity contribution in [3.63, 3.8) is 0 Å². The van der Waals surface area contributed by atoms with Gasteiger partial charge in [-0.05, 0) is 30.4 Å². The predicted octanol–water partition coefficient (Wildman–Crippen LogP) is 9.15. The number of ether oxygens (including phenoxy) is 1. The van der Waals surface area contributed by atoms with Crippen molar-refractivity contribution in [3.8, 4) is 0 Å². The molecule has 1 atom stereocenters. The van der Waals surface area contributed by atoms with E-state index in [4.69, 9.17) is 0 Å². The van der Waals surface area contributed by atoms with E-state index < -0.39 is 65.2 Å². The molecule has 0 spiro atoms. The van der Waals surface area contributed by atoms with Gasteiger partial charge in [0, 0.05) is 7.11 Å². The first-order valence-electron chi connectivity index (χ1n) is 10.8. The van der Waals surface area contributed by atoms with Gasteiger partial charge in [0.05, 0.1) is 12.0 Å². The Kier molecular flexibility index (Phi) is 9.33. The number of halogens is 17. The summed E-state index contributed by atoms with van der Waals surface area (Å²) >= 11 is 0. The lowest BCUT2D eigenvalue weighted by Gasteiger charge is -2.44. The summed E-state index contributed by atoms with van der Waals surface area (Å²) in [5.74, 6) is -56.7. The van der Waals surface area contributed by atoms with Crippen LogP contribution < -0.4 is 0 Å². The van der Waals surface area contributed by atoms with Crippen molar-refractivity contribution in [1.82, 2.24) is 0 Å². The molecule has 0 bridgehead atoms. The molecule has 1 aromatic rings. The zero-order valence-corrected chi connectivity index (χ0v) is 20.6. The Balaban J connectivity index is 3.66. The summed E-state index contributed by atoms with van der Waals surface area (Å²) in [6, 6.07) is 4.60. The fourth-order valence-electron chi connectivity index (χ4n) is 3.52. The number of methoxy groups -OCH3 is 1. The summed E-state index contributed by atoms with van der Waals surface area (Å²) in [4.78, 5) is 0. The second-order valence-corrected chi connectivity index (χ2v) is 9.56. The van der Waals surface area contributed by atoms with E-state index in [1.807, 2.05) is 0 Å². The third-order valence-electron chi connectivity index (χ3n) is 5.98. The van der Waals surface area contributed by atoms with E-state index >= 15 is 0 Å². The average molecular weight is 624 g/mol.